The van der Waals surface area contributed by atoms with Crippen molar-refractivity contribution in [3.8, 4) is 5.75 Å². The molecule has 6 heteroatoms. The molecule has 0 fully saturated rings. The maximum Gasteiger partial charge on any atom is 0.142 e. The summed E-state index contributed by atoms with van der Waals surface area (Å²) in [6.07, 6.45) is 3.17. The summed E-state index contributed by atoms with van der Waals surface area (Å²) in [6.45, 7) is 0. The van der Waals surface area contributed by atoms with E-state index in [9.17, 15) is 4.39 Å². The first-order valence-electron chi connectivity index (χ1n) is 5.56. The number of hydrazine groups is 1. The number of halogens is 2. The van der Waals surface area contributed by atoms with Crippen molar-refractivity contribution >= 4 is 15.9 Å². The highest BCUT2D eigenvalue weighted by Gasteiger charge is 2.20. The standard InChI is InChI=1S/C13H13BrFN3O/c1-19-12-7-17-5-4-9(12)13(18-16)10-6-8(14)2-3-11(10)15/h2-7,13,18H,16H2,1H3. The SMILES string of the molecule is COc1cnccc1C(NN)c1cc(Br)ccc1F. The Morgan fingerprint density at radius 1 is 1.37 bits per heavy atom. The van der Waals surface area contributed by atoms with Gasteiger partial charge in [-0.25, -0.2) is 9.82 Å². The summed E-state index contributed by atoms with van der Waals surface area (Å²) in [6, 6.07) is 5.92. The molecule has 1 heterocycles. The van der Waals surface area contributed by atoms with Gasteiger partial charge in [0.2, 0.25) is 0 Å². The number of pyridine rings is 1. The van der Waals surface area contributed by atoms with Gasteiger partial charge in [0.15, 0.2) is 0 Å². The molecule has 0 saturated heterocycles. The molecule has 2 aromatic rings. The third kappa shape index (κ3) is 2.91. The van der Waals surface area contributed by atoms with Crippen molar-refractivity contribution in [3.05, 3.63) is 58.1 Å². The molecule has 0 spiro atoms. The van der Waals surface area contributed by atoms with Gasteiger partial charge in [0.05, 0.1) is 19.3 Å². The van der Waals surface area contributed by atoms with Crippen LogP contribution in [0.2, 0.25) is 0 Å². The van der Waals surface area contributed by atoms with E-state index < -0.39 is 6.04 Å². The van der Waals surface area contributed by atoms with Crippen molar-refractivity contribution in [2.24, 2.45) is 5.84 Å². The molecular formula is C13H13BrFN3O. The first-order valence-corrected chi connectivity index (χ1v) is 6.35. The number of benzene rings is 1. The number of nitrogens with two attached hydrogens (primary N) is 1. The van der Waals surface area contributed by atoms with E-state index in [-0.39, 0.29) is 5.82 Å². The second-order valence-electron chi connectivity index (χ2n) is 3.88. The Hall–Kier alpha value is -1.50. The molecule has 0 radical (unpaired) electrons. The number of methoxy groups -OCH3 is 1. The number of aromatic nitrogens is 1. The van der Waals surface area contributed by atoms with Crippen molar-refractivity contribution in [2.45, 2.75) is 6.04 Å². The zero-order valence-electron chi connectivity index (χ0n) is 10.2. The molecule has 0 amide bonds. The Morgan fingerprint density at radius 2 is 2.16 bits per heavy atom. The van der Waals surface area contributed by atoms with E-state index in [1.807, 2.05) is 0 Å². The van der Waals surface area contributed by atoms with E-state index >= 15 is 0 Å². The van der Waals surface area contributed by atoms with Gasteiger partial charge in [0.1, 0.15) is 11.6 Å². The Kier molecular flexibility index (Phi) is 4.47. The summed E-state index contributed by atoms with van der Waals surface area (Å²) in [5.74, 6) is 5.77. The van der Waals surface area contributed by atoms with E-state index in [2.05, 4.69) is 26.3 Å². The van der Waals surface area contributed by atoms with Gasteiger partial charge in [-0.15, -0.1) is 0 Å². The third-order valence-corrected chi connectivity index (χ3v) is 3.28. The van der Waals surface area contributed by atoms with Gasteiger partial charge in [0, 0.05) is 21.8 Å². The van der Waals surface area contributed by atoms with Gasteiger partial charge in [-0.3, -0.25) is 10.8 Å². The molecule has 0 aliphatic rings. The number of rotatable bonds is 4. The number of nitrogens with zero attached hydrogens (tertiary/aromatic N) is 1. The zero-order valence-corrected chi connectivity index (χ0v) is 11.8. The fourth-order valence-electron chi connectivity index (χ4n) is 1.88. The van der Waals surface area contributed by atoms with Crippen LogP contribution >= 0.6 is 15.9 Å². The summed E-state index contributed by atoms with van der Waals surface area (Å²) < 4.78 is 20.0. The van der Waals surface area contributed by atoms with Gasteiger partial charge < -0.3 is 4.74 Å². The van der Waals surface area contributed by atoms with Crippen LogP contribution in [0.4, 0.5) is 4.39 Å². The first-order chi connectivity index (χ1) is 9.17. The molecule has 0 bridgehead atoms. The Morgan fingerprint density at radius 3 is 2.84 bits per heavy atom. The fraction of sp³-hybridized carbons (Fsp3) is 0.154. The Balaban J connectivity index is 2.53. The van der Waals surface area contributed by atoms with E-state index in [4.69, 9.17) is 10.6 Å². The molecule has 1 unspecified atom stereocenters. The molecule has 2 rings (SSSR count). The Bertz CT molecular complexity index is 580. The lowest BCUT2D eigenvalue weighted by Gasteiger charge is -2.19. The molecule has 0 saturated carbocycles. The van der Waals surface area contributed by atoms with Gasteiger partial charge >= 0.3 is 0 Å². The van der Waals surface area contributed by atoms with Crippen molar-refractivity contribution < 1.29 is 9.13 Å². The highest BCUT2D eigenvalue weighted by Crippen LogP contribution is 2.31. The van der Waals surface area contributed by atoms with Crippen molar-refractivity contribution in [1.29, 1.82) is 0 Å². The van der Waals surface area contributed by atoms with Crippen LogP contribution in [-0.2, 0) is 0 Å². The summed E-state index contributed by atoms with van der Waals surface area (Å²) in [4.78, 5) is 3.97. The van der Waals surface area contributed by atoms with Crippen LogP contribution < -0.4 is 16.0 Å². The summed E-state index contributed by atoms with van der Waals surface area (Å²) in [7, 11) is 1.53. The monoisotopic (exact) mass is 325 g/mol. The lowest BCUT2D eigenvalue weighted by molar-refractivity contribution is 0.401. The van der Waals surface area contributed by atoms with Gasteiger partial charge in [-0.1, -0.05) is 15.9 Å². The van der Waals surface area contributed by atoms with Gasteiger partial charge in [0.25, 0.3) is 0 Å². The average molecular weight is 326 g/mol. The van der Waals surface area contributed by atoms with Gasteiger partial charge in [-0.2, -0.15) is 0 Å². The maximum absolute atomic E-state index is 14.0. The molecule has 1 aromatic carbocycles. The molecule has 0 aliphatic carbocycles. The predicted octanol–water partition coefficient (Wildman–Crippen LogP) is 2.54. The van der Waals surface area contributed by atoms with E-state index in [1.54, 1.807) is 30.6 Å². The highest BCUT2D eigenvalue weighted by molar-refractivity contribution is 9.10. The minimum atomic E-state index is -0.518. The number of hydrogen-bond donors (Lipinski definition) is 2. The molecular weight excluding hydrogens is 313 g/mol. The molecule has 1 atom stereocenters. The van der Waals surface area contributed by atoms with Crippen LogP contribution in [0, 0.1) is 5.82 Å². The lowest BCUT2D eigenvalue weighted by atomic mass is 9.99. The fourth-order valence-corrected chi connectivity index (χ4v) is 2.26. The molecule has 3 N–H and O–H groups in total. The van der Waals surface area contributed by atoms with E-state index in [0.29, 0.717) is 11.3 Å². The van der Waals surface area contributed by atoms with Crippen LogP contribution in [0.5, 0.6) is 5.75 Å². The normalized spacial score (nSPS) is 12.2. The second kappa shape index (κ2) is 6.10. The maximum atomic E-state index is 14.0. The molecule has 0 aliphatic heterocycles. The topological polar surface area (TPSA) is 60.2 Å². The number of nitrogens with one attached hydrogen (secondary N) is 1. The molecule has 19 heavy (non-hydrogen) atoms. The van der Waals surface area contributed by atoms with Crippen molar-refractivity contribution in [1.82, 2.24) is 10.4 Å². The van der Waals surface area contributed by atoms with Crippen LogP contribution in [0.25, 0.3) is 0 Å². The minimum Gasteiger partial charge on any atom is -0.495 e. The largest absolute Gasteiger partial charge is 0.495 e. The average Bonchev–Trinajstić information content (AvgIpc) is 2.44. The summed E-state index contributed by atoms with van der Waals surface area (Å²) in [5.41, 5.74) is 3.76. The highest BCUT2D eigenvalue weighted by atomic mass is 79.9. The quantitative estimate of drug-likeness (QED) is 0.670. The molecule has 100 valence electrons. The minimum absolute atomic E-state index is 0.343. The van der Waals surface area contributed by atoms with Crippen LogP contribution in [-0.4, -0.2) is 12.1 Å². The zero-order chi connectivity index (χ0) is 13.8. The summed E-state index contributed by atoms with van der Waals surface area (Å²) in [5, 5.41) is 0. The Labute approximate surface area is 118 Å². The van der Waals surface area contributed by atoms with Crippen LogP contribution in [0.1, 0.15) is 17.2 Å². The van der Waals surface area contributed by atoms with Crippen molar-refractivity contribution in [3.63, 3.8) is 0 Å². The van der Waals surface area contributed by atoms with Gasteiger partial charge in [-0.05, 0) is 24.3 Å². The number of ether oxygens (including phenoxy) is 1. The predicted molar refractivity (Wildman–Crippen MR) is 74.1 cm³/mol. The van der Waals surface area contributed by atoms with E-state index in [0.717, 1.165) is 10.0 Å². The van der Waals surface area contributed by atoms with Crippen LogP contribution in [0.15, 0.2) is 41.1 Å². The second-order valence-corrected chi connectivity index (χ2v) is 4.80. The smallest absolute Gasteiger partial charge is 0.142 e. The first kappa shape index (κ1) is 13.9. The summed E-state index contributed by atoms with van der Waals surface area (Å²) >= 11 is 3.32. The van der Waals surface area contributed by atoms with Crippen LogP contribution in [0.3, 0.4) is 0 Å². The van der Waals surface area contributed by atoms with Crippen molar-refractivity contribution in [2.75, 3.05) is 7.11 Å². The third-order valence-electron chi connectivity index (χ3n) is 2.78. The van der Waals surface area contributed by atoms with E-state index in [1.165, 1.54) is 13.2 Å². The molecule has 1 aromatic heterocycles. The lowest BCUT2D eigenvalue weighted by Crippen LogP contribution is -2.30. The molecule has 4 nitrogen and oxygen atoms in total. The number of hydrogen-bond acceptors (Lipinski definition) is 4.